The summed E-state index contributed by atoms with van der Waals surface area (Å²) in [6, 6.07) is 0. The Hall–Kier alpha value is -1.10. The van der Waals surface area contributed by atoms with E-state index >= 15 is 0 Å². The third-order valence-corrected chi connectivity index (χ3v) is 4.00. The second kappa shape index (κ2) is 4.88. The summed E-state index contributed by atoms with van der Waals surface area (Å²) in [5.41, 5.74) is 1.07. The molecule has 0 atom stereocenters. The van der Waals surface area contributed by atoms with Crippen LogP contribution in [0.3, 0.4) is 0 Å². The molecule has 0 aliphatic rings. The van der Waals surface area contributed by atoms with Gasteiger partial charge in [-0.1, -0.05) is 27.7 Å². The molecular formula is C13H19BrN4. The number of halogens is 1. The van der Waals surface area contributed by atoms with Crippen molar-refractivity contribution in [1.82, 2.24) is 14.4 Å². The van der Waals surface area contributed by atoms with Crippen LogP contribution in [0.15, 0.2) is 23.2 Å². The van der Waals surface area contributed by atoms with E-state index in [1.807, 2.05) is 16.8 Å². The standard InChI is InChI=1S/C13H19BrN4/c1-9(2)13(3,4)8-16-11-12-15-5-6-18(12)7-10(14)17-11/h5-7,9H,8H2,1-4H3,(H,16,17). The van der Waals surface area contributed by atoms with Crippen molar-refractivity contribution in [2.75, 3.05) is 11.9 Å². The summed E-state index contributed by atoms with van der Waals surface area (Å²) in [4.78, 5) is 8.78. The quantitative estimate of drug-likeness (QED) is 0.938. The molecular weight excluding hydrogens is 292 g/mol. The molecule has 2 heterocycles. The zero-order valence-corrected chi connectivity index (χ0v) is 12.8. The van der Waals surface area contributed by atoms with Gasteiger partial charge in [-0.25, -0.2) is 9.97 Å². The van der Waals surface area contributed by atoms with Gasteiger partial charge >= 0.3 is 0 Å². The molecule has 0 aliphatic carbocycles. The van der Waals surface area contributed by atoms with Crippen LogP contribution in [0, 0.1) is 11.3 Å². The van der Waals surface area contributed by atoms with Crippen LogP contribution in [-0.4, -0.2) is 20.9 Å². The van der Waals surface area contributed by atoms with Crippen molar-refractivity contribution in [2.24, 2.45) is 11.3 Å². The van der Waals surface area contributed by atoms with Crippen LogP contribution in [0.25, 0.3) is 5.65 Å². The zero-order chi connectivity index (χ0) is 13.3. The fourth-order valence-corrected chi connectivity index (χ4v) is 1.93. The van der Waals surface area contributed by atoms with Crippen molar-refractivity contribution < 1.29 is 0 Å². The van der Waals surface area contributed by atoms with Crippen LogP contribution < -0.4 is 5.32 Å². The maximum absolute atomic E-state index is 4.46. The average Bonchev–Trinajstić information content (AvgIpc) is 2.73. The minimum absolute atomic E-state index is 0.216. The van der Waals surface area contributed by atoms with E-state index < -0.39 is 0 Å². The normalized spacial score (nSPS) is 12.3. The van der Waals surface area contributed by atoms with Crippen LogP contribution in [0.1, 0.15) is 27.7 Å². The number of imidazole rings is 1. The Labute approximate surface area is 116 Å². The molecule has 0 fully saturated rings. The molecule has 0 aromatic carbocycles. The second-order valence-corrected chi connectivity index (χ2v) is 6.38. The largest absolute Gasteiger partial charge is 0.366 e. The molecule has 98 valence electrons. The SMILES string of the molecule is CC(C)C(C)(C)CNc1nc(Br)cn2ccnc12. The molecule has 0 bridgehead atoms. The van der Waals surface area contributed by atoms with Gasteiger partial charge in [-0.3, -0.25) is 0 Å². The Morgan fingerprint density at radius 3 is 2.83 bits per heavy atom. The lowest BCUT2D eigenvalue weighted by Gasteiger charge is -2.29. The molecule has 2 aromatic rings. The first kappa shape index (κ1) is 13.3. The predicted octanol–water partition coefficient (Wildman–Crippen LogP) is 3.59. The van der Waals surface area contributed by atoms with E-state index in [0.717, 1.165) is 22.6 Å². The number of anilines is 1. The van der Waals surface area contributed by atoms with Gasteiger partial charge in [-0.05, 0) is 27.3 Å². The summed E-state index contributed by atoms with van der Waals surface area (Å²) in [7, 11) is 0. The predicted molar refractivity (Wildman–Crippen MR) is 77.8 cm³/mol. The van der Waals surface area contributed by atoms with Gasteiger partial charge in [0.05, 0.1) is 0 Å². The minimum atomic E-state index is 0.216. The lowest BCUT2D eigenvalue weighted by molar-refractivity contribution is 0.269. The number of nitrogens with one attached hydrogen (secondary N) is 1. The summed E-state index contributed by atoms with van der Waals surface area (Å²) >= 11 is 3.42. The molecule has 2 rings (SSSR count). The number of rotatable bonds is 4. The smallest absolute Gasteiger partial charge is 0.180 e. The highest BCUT2D eigenvalue weighted by Gasteiger charge is 2.22. The molecule has 0 aliphatic heterocycles. The first-order valence-corrected chi connectivity index (χ1v) is 6.92. The first-order valence-electron chi connectivity index (χ1n) is 6.13. The van der Waals surface area contributed by atoms with Crippen molar-refractivity contribution >= 4 is 27.4 Å². The monoisotopic (exact) mass is 310 g/mol. The Morgan fingerprint density at radius 1 is 1.44 bits per heavy atom. The van der Waals surface area contributed by atoms with E-state index in [0.29, 0.717) is 5.92 Å². The fraction of sp³-hybridized carbons (Fsp3) is 0.538. The molecule has 0 saturated heterocycles. The molecule has 0 amide bonds. The van der Waals surface area contributed by atoms with E-state index in [4.69, 9.17) is 0 Å². The molecule has 0 unspecified atom stereocenters. The Balaban J connectivity index is 2.24. The lowest BCUT2D eigenvalue weighted by atomic mass is 9.81. The molecule has 18 heavy (non-hydrogen) atoms. The van der Waals surface area contributed by atoms with Crippen LogP contribution in [0.2, 0.25) is 0 Å². The van der Waals surface area contributed by atoms with Crippen LogP contribution in [0.5, 0.6) is 0 Å². The number of fused-ring (bicyclic) bond motifs is 1. The van der Waals surface area contributed by atoms with Crippen molar-refractivity contribution in [3.8, 4) is 0 Å². The van der Waals surface area contributed by atoms with Gasteiger partial charge < -0.3 is 9.72 Å². The summed E-state index contributed by atoms with van der Waals surface area (Å²) in [5.74, 6) is 1.43. The van der Waals surface area contributed by atoms with E-state index in [1.54, 1.807) is 6.20 Å². The average molecular weight is 311 g/mol. The molecule has 0 radical (unpaired) electrons. The highest BCUT2D eigenvalue weighted by molar-refractivity contribution is 9.10. The maximum atomic E-state index is 4.46. The Bertz CT molecular complexity index is 545. The van der Waals surface area contributed by atoms with Gasteiger partial charge in [0.1, 0.15) is 4.60 Å². The van der Waals surface area contributed by atoms with Gasteiger partial charge in [0, 0.05) is 25.1 Å². The van der Waals surface area contributed by atoms with E-state index in [2.05, 4.69) is 58.9 Å². The molecule has 4 nitrogen and oxygen atoms in total. The van der Waals surface area contributed by atoms with Crippen LogP contribution >= 0.6 is 15.9 Å². The zero-order valence-electron chi connectivity index (χ0n) is 11.2. The third kappa shape index (κ3) is 2.66. The lowest BCUT2D eigenvalue weighted by Crippen LogP contribution is -2.29. The van der Waals surface area contributed by atoms with Crippen LogP contribution in [0.4, 0.5) is 5.82 Å². The van der Waals surface area contributed by atoms with Crippen molar-refractivity contribution in [3.63, 3.8) is 0 Å². The number of nitrogens with zero attached hydrogens (tertiary/aromatic N) is 3. The molecule has 0 saturated carbocycles. The molecule has 5 heteroatoms. The van der Waals surface area contributed by atoms with Gasteiger partial charge in [0.25, 0.3) is 0 Å². The van der Waals surface area contributed by atoms with Crippen molar-refractivity contribution in [2.45, 2.75) is 27.7 Å². The minimum Gasteiger partial charge on any atom is -0.366 e. The number of aromatic nitrogens is 3. The summed E-state index contributed by atoms with van der Waals surface area (Å²) in [5, 5.41) is 3.41. The maximum Gasteiger partial charge on any atom is 0.180 e. The number of hydrogen-bond acceptors (Lipinski definition) is 3. The van der Waals surface area contributed by atoms with Crippen LogP contribution in [-0.2, 0) is 0 Å². The number of hydrogen-bond donors (Lipinski definition) is 1. The molecule has 2 aromatic heterocycles. The highest BCUT2D eigenvalue weighted by Crippen LogP contribution is 2.27. The van der Waals surface area contributed by atoms with Gasteiger partial charge in [0.15, 0.2) is 11.5 Å². The van der Waals surface area contributed by atoms with Crippen molar-refractivity contribution in [3.05, 3.63) is 23.2 Å². The Morgan fingerprint density at radius 2 is 2.17 bits per heavy atom. The highest BCUT2D eigenvalue weighted by atomic mass is 79.9. The van der Waals surface area contributed by atoms with Crippen molar-refractivity contribution in [1.29, 1.82) is 0 Å². The second-order valence-electron chi connectivity index (χ2n) is 5.57. The summed E-state index contributed by atoms with van der Waals surface area (Å²) in [6.45, 7) is 9.86. The van der Waals surface area contributed by atoms with Gasteiger partial charge in [-0.2, -0.15) is 0 Å². The summed E-state index contributed by atoms with van der Waals surface area (Å²) in [6.07, 6.45) is 5.60. The van der Waals surface area contributed by atoms with E-state index in [9.17, 15) is 0 Å². The molecule has 0 spiro atoms. The third-order valence-electron chi connectivity index (χ3n) is 3.62. The first-order chi connectivity index (χ1) is 8.40. The molecule has 1 N–H and O–H groups in total. The Kier molecular flexibility index (Phi) is 3.61. The van der Waals surface area contributed by atoms with E-state index in [1.165, 1.54) is 0 Å². The topological polar surface area (TPSA) is 42.2 Å². The van der Waals surface area contributed by atoms with E-state index in [-0.39, 0.29) is 5.41 Å². The van der Waals surface area contributed by atoms with Gasteiger partial charge in [0.2, 0.25) is 0 Å². The summed E-state index contributed by atoms with van der Waals surface area (Å²) < 4.78 is 2.76. The van der Waals surface area contributed by atoms with Gasteiger partial charge in [-0.15, -0.1) is 0 Å². The fourth-order valence-electron chi connectivity index (χ4n) is 1.54.